The van der Waals surface area contributed by atoms with Crippen LogP contribution in [0.15, 0.2) is 0 Å². The molecule has 0 bridgehead atoms. The summed E-state index contributed by atoms with van der Waals surface area (Å²) in [5.74, 6) is 0. The molecule has 1 atom stereocenters. The molecule has 11 heavy (non-hydrogen) atoms. The summed E-state index contributed by atoms with van der Waals surface area (Å²) in [6, 6.07) is 0. The van der Waals surface area contributed by atoms with Crippen LogP contribution in [0.5, 0.6) is 0 Å². The molecule has 1 rings (SSSR count). The first-order chi connectivity index (χ1) is 4.97. The van der Waals surface area contributed by atoms with Gasteiger partial charge in [-0.3, -0.25) is 0 Å². The molecule has 1 aliphatic rings. The zero-order chi connectivity index (χ0) is 8.54. The summed E-state index contributed by atoms with van der Waals surface area (Å²) in [6.45, 7) is 6.73. The Balaban J connectivity index is 2.40. The summed E-state index contributed by atoms with van der Waals surface area (Å²) in [7, 11) is 0. The lowest BCUT2D eigenvalue weighted by Gasteiger charge is -2.43. The number of nitrogens with two attached hydrogens (primary N) is 1. The fourth-order valence-corrected chi connectivity index (χ4v) is 2.06. The molecule has 0 heterocycles. The number of rotatable bonds is 3. The Bertz CT molecular complexity index is 124. The second-order valence-corrected chi connectivity index (χ2v) is 4.85. The van der Waals surface area contributed by atoms with Gasteiger partial charge in [-0.1, -0.05) is 20.3 Å². The van der Waals surface area contributed by atoms with Crippen LogP contribution in [0.2, 0.25) is 0 Å². The molecule has 1 heteroatoms. The highest BCUT2D eigenvalue weighted by Crippen LogP contribution is 2.46. The SMILES string of the molecule is CCC(C)(N)CC1(C)CCC1. The first-order valence-electron chi connectivity index (χ1n) is 4.76. The van der Waals surface area contributed by atoms with Gasteiger partial charge in [-0.2, -0.15) is 0 Å². The van der Waals surface area contributed by atoms with E-state index in [1.165, 1.54) is 25.7 Å². The van der Waals surface area contributed by atoms with Crippen LogP contribution in [0.1, 0.15) is 52.9 Å². The lowest BCUT2D eigenvalue weighted by Crippen LogP contribution is -2.43. The summed E-state index contributed by atoms with van der Waals surface area (Å²) >= 11 is 0. The molecule has 0 radical (unpaired) electrons. The summed E-state index contributed by atoms with van der Waals surface area (Å²) in [6.07, 6.45) is 6.50. The van der Waals surface area contributed by atoms with E-state index >= 15 is 0 Å². The van der Waals surface area contributed by atoms with E-state index in [-0.39, 0.29) is 5.54 Å². The summed E-state index contributed by atoms with van der Waals surface area (Å²) < 4.78 is 0. The van der Waals surface area contributed by atoms with E-state index in [0.29, 0.717) is 5.41 Å². The van der Waals surface area contributed by atoms with E-state index in [0.717, 1.165) is 6.42 Å². The van der Waals surface area contributed by atoms with Gasteiger partial charge in [-0.25, -0.2) is 0 Å². The molecule has 0 amide bonds. The fourth-order valence-electron chi connectivity index (χ4n) is 2.06. The standard InChI is InChI=1S/C10H21N/c1-4-10(3,11)8-9(2)6-5-7-9/h4-8,11H2,1-3H3. The van der Waals surface area contributed by atoms with Gasteiger partial charge in [0.25, 0.3) is 0 Å². The molecule has 1 fully saturated rings. The number of hydrogen-bond donors (Lipinski definition) is 1. The highest BCUT2D eigenvalue weighted by atomic mass is 14.7. The highest BCUT2D eigenvalue weighted by molar-refractivity contribution is 4.91. The van der Waals surface area contributed by atoms with E-state index in [1.54, 1.807) is 0 Å². The lowest BCUT2D eigenvalue weighted by molar-refractivity contribution is 0.108. The van der Waals surface area contributed by atoms with Crippen molar-refractivity contribution in [2.45, 2.75) is 58.4 Å². The van der Waals surface area contributed by atoms with Crippen molar-refractivity contribution in [1.82, 2.24) is 0 Å². The minimum atomic E-state index is 0.0785. The van der Waals surface area contributed by atoms with Gasteiger partial charge in [-0.15, -0.1) is 0 Å². The predicted molar refractivity (Wildman–Crippen MR) is 49.5 cm³/mol. The zero-order valence-electron chi connectivity index (χ0n) is 8.11. The molecule has 66 valence electrons. The van der Waals surface area contributed by atoms with Crippen molar-refractivity contribution in [2.75, 3.05) is 0 Å². The Morgan fingerprint density at radius 3 is 2.27 bits per heavy atom. The average molecular weight is 155 g/mol. The van der Waals surface area contributed by atoms with Gasteiger partial charge >= 0.3 is 0 Å². The second-order valence-electron chi connectivity index (χ2n) is 4.85. The van der Waals surface area contributed by atoms with Crippen LogP contribution in [-0.2, 0) is 0 Å². The topological polar surface area (TPSA) is 26.0 Å². The van der Waals surface area contributed by atoms with Crippen LogP contribution in [0.3, 0.4) is 0 Å². The molecule has 1 nitrogen and oxygen atoms in total. The van der Waals surface area contributed by atoms with E-state index in [2.05, 4.69) is 20.8 Å². The maximum absolute atomic E-state index is 6.11. The number of hydrogen-bond acceptors (Lipinski definition) is 1. The van der Waals surface area contributed by atoms with Gasteiger partial charge in [-0.05, 0) is 38.0 Å². The summed E-state index contributed by atoms with van der Waals surface area (Å²) in [5.41, 5.74) is 6.77. The van der Waals surface area contributed by atoms with Gasteiger partial charge in [0.05, 0.1) is 0 Å². The average Bonchev–Trinajstić information content (AvgIpc) is 1.84. The van der Waals surface area contributed by atoms with Gasteiger partial charge < -0.3 is 5.73 Å². The van der Waals surface area contributed by atoms with E-state index in [4.69, 9.17) is 5.73 Å². The first kappa shape index (κ1) is 9.05. The van der Waals surface area contributed by atoms with Crippen LogP contribution in [0, 0.1) is 5.41 Å². The third-order valence-corrected chi connectivity index (χ3v) is 3.20. The largest absolute Gasteiger partial charge is 0.325 e. The first-order valence-corrected chi connectivity index (χ1v) is 4.76. The molecule has 0 aromatic rings. The summed E-state index contributed by atoms with van der Waals surface area (Å²) in [5, 5.41) is 0. The molecule has 1 aliphatic carbocycles. The summed E-state index contributed by atoms with van der Waals surface area (Å²) in [4.78, 5) is 0. The lowest BCUT2D eigenvalue weighted by atomic mass is 9.64. The minimum Gasteiger partial charge on any atom is -0.325 e. The molecular formula is C10H21N. The van der Waals surface area contributed by atoms with E-state index in [1.807, 2.05) is 0 Å². The normalized spacial score (nSPS) is 27.3. The van der Waals surface area contributed by atoms with Gasteiger partial charge in [0.15, 0.2) is 0 Å². The zero-order valence-corrected chi connectivity index (χ0v) is 8.11. The molecule has 1 unspecified atom stereocenters. The molecule has 0 saturated heterocycles. The van der Waals surface area contributed by atoms with Crippen molar-refractivity contribution in [3.05, 3.63) is 0 Å². The van der Waals surface area contributed by atoms with Crippen molar-refractivity contribution >= 4 is 0 Å². The monoisotopic (exact) mass is 155 g/mol. The molecular weight excluding hydrogens is 134 g/mol. The van der Waals surface area contributed by atoms with Crippen LogP contribution in [0.4, 0.5) is 0 Å². The van der Waals surface area contributed by atoms with E-state index < -0.39 is 0 Å². The Kier molecular flexibility index (Phi) is 2.29. The third kappa shape index (κ3) is 2.19. The maximum Gasteiger partial charge on any atom is 0.0128 e. The van der Waals surface area contributed by atoms with Crippen LogP contribution >= 0.6 is 0 Å². The van der Waals surface area contributed by atoms with Crippen molar-refractivity contribution in [3.63, 3.8) is 0 Å². The molecule has 0 aromatic carbocycles. The Hall–Kier alpha value is -0.0400. The quantitative estimate of drug-likeness (QED) is 0.666. The van der Waals surface area contributed by atoms with Crippen molar-refractivity contribution in [2.24, 2.45) is 11.1 Å². The van der Waals surface area contributed by atoms with Crippen LogP contribution in [0.25, 0.3) is 0 Å². The molecule has 0 aliphatic heterocycles. The Labute approximate surface area is 70.4 Å². The van der Waals surface area contributed by atoms with Gasteiger partial charge in [0.1, 0.15) is 0 Å². The van der Waals surface area contributed by atoms with E-state index in [9.17, 15) is 0 Å². The Morgan fingerprint density at radius 2 is 2.00 bits per heavy atom. The second kappa shape index (κ2) is 2.78. The molecule has 2 N–H and O–H groups in total. The third-order valence-electron chi connectivity index (χ3n) is 3.20. The smallest absolute Gasteiger partial charge is 0.0128 e. The fraction of sp³-hybridized carbons (Fsp3) is 1.00. The molecule has 0 spiro atoms. The van der Waals surface area contributed by atoms with Gasteiger partial charge in [0, 0.05) is 5.54 Å². The molecule has 0 aromatic heterocycles. The van der Waals surface area contributed by atoms with Crippen molar-refractivity contribution in [3.8, 4) is 0 Å². The van der Waals surface area contributed by atoms with Gasteiger partial charge in [0.2, 0.25) is 0 Å². The molecule has 1 saturated carbocycles. The van der Waals surface area contributed by atoms with Crippen LogP contribution < -0.4 is 5.73 Å². The minimum absolute atomic E-state index is 0.0785. The Morgan fingerprint density at radius 1 is 1.45 bits per heavy atom. The van der Waals surface area contributed by atoms with Crippen LogP contribution in [-0.4, -0.2) is 5.54 Å². The predicted octanol–water partition coefficient (Wildman–Crippen LogP) is 2.69. The highest BCUT2D eigenvalue weighted by Gasteiger charge is 2.36. The van der Waals surface area contributed by atoms with Crippen molar-refractivity contribution < 1.29 is 0 Å². The maximum atomic E-state index is 6.11. The van der Waals surface area contributed by atoms with Crippen molar-refractivity contribution in [1.29, 1.82) is 0 Å².